The third-order valence-electron chi connectivity index (χ3n) is 6.22. The summed E-state index contributed by atoms with van der Waals surface area (Å²) in [4.78, 5) is 9.55. The highest BCUT2D eigenvalue weighted by Crippen LogP contribution is 2.29. The van der Waals surface area contributed by atoms with Crippen molar-refractivity contribution in [3.05, 3.63) is 89.0 Å². The highest BCUT2D eigenvalue weighted by atomic mass is 16.3. The van der Waals surface area contributed by atoms with Crippen LogP contribution in [-0.2, 0) is 7.05 Å². The van der Waals surface area contributed by atoms with Crippen molar-refractivity contribution in [1.29, 1.82) is 0 Å². The van der Waals surface area contributed by atoms with Crippen LogP contribution in [0.1, 0.15) is 40.2 Å². The lowest BCUT2D eigenvalue weighted by molar-refractivity contribution is 0.0603. The Morgan fingerprint density at radius 3 is 2.40 bits per heavy atom. The van der Waals surface area contributed by atoms with E-state index in [4.69, 9.17) is 0 Å². The molecule has 1 N–H and O–H groups in total. The molecule has 1 saturated heterocycles. The van der Waals surface area contributed by atoms with Crippen molar-refractivity contribution < 1.29 is 5.11 Å². The van der Waals surface area contributed by atoms with Crippen molar-refractivity contribution >= 4 is 0 Å². The third-order valence-corrected chi connectivity index (χ3v) is 6.22. The Kier molecular flexibility index (Phi) is 6.32. The first-order valence-corrected chi connectivity index (χ1v) is 10.8. The van der Waals surface area contributed by atoms with Gasteiger partial charge in [-0.1, -0.05) is 54.1 Å². The number of aryl methyl sites for hydroxylation is 3. The van der Waals surface area contributed by atoms with Crippen molar-refractivity contribution in [3.8, 4) is 0 Å². The highest BCUT2D eigenvalue weighted by molar-refractivity contribution is 5.32. The van der Waals surface area contributed by atoms with Crippen molar-refractivity contribution in [3.63, 3.8) is 0 Å². The fourth-order valence-electron chi connectivity index (χ4n) is 4.47. The molecule has 4 rings (SSSR count). The molecule has 30 heavy (non-hydrogen) atoms. The topological polar surface area (TPSA) is 44.5 Å². The number of hydrogen-bond acceptors (Lipinski definition) is 4. The maximum Gasteiger partial charge on any atom is 0.130 e. The van der Waals surface area contributed by atoms with Gasteiger partial charge in [-0.15, -0.1) is 0 Å². The Morgan fingerprint density at radius 2 is 1.73 bits per heavy atom. The van der Waals surface area contributed by atoms with E-state index in [1.807, 2.05) is 12.4 Å². The summed E-state index contributed by atoms with van der Waals surface area (Å²) < 4.78 is 2.12. The zero-order valence-electron chi connectivity index (χ0n) is 18.2. The Morgan fingerprint density at radius 1 is 1.00 bits per heavy atom. The molecule has 0 unspecified atom stereocenters. The molecule has 2 heterocycles. The summed E-state index contributed by atoms with van der Waals surface area (Å²) in [6, 6.07) is 17.1. The summed E-state index contributed by atoms with van der Waals surface area (Å²) in [6.07, 6.45) is 3.44. The van der Waals surface area contributed by atoms with Crippen LogP contribution in [0, 0.1) is 13.8 Å². The second-order valence-corrected chi connectivity index (χ2v) is 8.42. The quantitative estimate of drug-likeness (QED) is 0.683. The predicted octanol–water partition coefficient (Wildman–Crippen LogP) is 3.48. The third kappa shape index (κ3) is 4.48. The van der Waals surface area contributed by atoms with Gasteiger partial charge in [0, 0.05) is 52.2 Å². The number of piperazine rings is 1. The molecule has 1 aliphatic rings. The van der Waals surface area contributed by atoms with E-state index in [0.717, 1.165) is 43.1 Å². The molecular formula is C25H32N4O. The number of nitrogens with zero attached hydrogens (tertiary/aromatic N) is 4. The smallest absolute Gasteiger partial charge is 0.130 e. The van der Waals surface area contributed by atoms with Gasteiger partial charge in [0.15, 0.2) is 0 Å². The number of benzene rings is 2. The summed E-state index contributed by atoms with van der Waals surface area (Å²) in [5, 5.41) is 10.8. The molecule has 0 radical (unpaired) electrons. The summed E-state index contributed by atoms with van der Waals surface area (Å²) in [5.74, 6) is 1.07. The van der Waals surface area contributed by atoms with Gasteiger partial charge >= 0.3 is 0 Å². The number of aliphatic hydroxyl groups excluding tert-OH is 1. The lowest BCUT2D eigenvalue weighted by atomic mass is 10.00. The van der Waals surface area contributed by atoms with Gasteiger partial charge in [0.1, 0.15) is 5.82 Å². The lowest BCUT2D eigenvalue weighted by Crippen LogP contribution is -2.49. The van der Waals surface area contributed by atoms with E-state index < -0.39 is 6.10 Å². The Labute approximate surface area is 179 Å². The molecular weight excluding hydrogens is 372 g/mol. The molecule has 3 aromatic rings. The minimum atomic E-state index is -0.448. The molecule has 1 aliphatic heterocycles. The number of hydrogen-bond donors (Lipinski definition) is 1. The number of imidazole rings is 1. The summed E-state index contributed by atoms with van der Waals surface area (Å²) >= 11 is 0. The first kappa shape index (κ1) is 20.8. The molecule has 0 saturated carbocycles. The van der Waals surface area contributed by atoms with Crippen LogP contribution >= 0.6 is 0 Å². The molecule has 0 amide bonds. The van der Waals surface area contributed by atoms with E-state index in [-0.39, 0.29) is 6.04 Å². The van der Waals surface area contributed by atoms with Crippen LogP contribution in [0.3, 0.4) is 0 Å². The van der Waals surface area contributed by atoms with Crippen LogP contribution in [-0.4, -0.2) is 57.2 Å². The first-order chi connectivity index (χ1) is 14.5. The maximum atomic E-state index is 10.8. The Balaban J connectivity index is 1.45. The fourth-order valence-corrected chi connectivity index (χ4v) is 4.47. The Bertz CT molecular complexity index is 960. The highest BCUT2D eigenvalue weighted by Gasteiger charge is 2.29. The van der Waals surface area contributed by atoms with Gasteiger partial charge in [-0.2, -0.15) is 0 Å². The van der Waals surface area contributed by atoms with E-state index in [0.29, 0.717) is 6.54 Å². The van der Waals surface area contributed by atoms with Crippen LogP contribution in [0.2, 0.25) is 0 Å². The van der Waals surface area contributed by atoms with E-state index in [1.54, 1.807) is 0 Å². The van der Waals surface area contributed by atoms with Gasteiger partial charge in [-0.25, -0.2) is 4.98 Å². The second-order valence-electron chi connectivity index (χ2n) is 8.42. The van der Waals surface area contributed by atoms with Gasteiger partial charge in [0.25, 0.3) is 0 Å². The molecule has 1 fully saturated rings. The molecule has 0 bridgehead atoms. The van der Waals surface area contributed by atoms with Crippen LogP contribution in [0.4, 0.5) is 0 Å². The Hall–Kier alpha value is -2.47. The van der Waals surface area contributed by atoms with Crippen LogP contribution < -0.4 is 0 Å². The average molecular weight is 405 g/mol. The molecule has 158 valence electrons. The molecule has 2 atom stereocenters. The summed E-state index contributed by atoms with van der Waals surface area (Å²) in [6.45, 7) is 8.61. The van der Waals surface area contributed by atoms with Crippen molar-refractivity contribution in [1.82, 2.24) is 19.4 Å². The van der Waals surface area contributed by atoms with E-state index in [9.17, 15) is 5.11 Å². The van der Waals surface area contributed by atoms with Crippen molar-refractivity contribution in [2.45, 2.75) is 26.0 Å². The van der Waals surface area contributed by atoms with Crippen LogP contribution in [0.5, 0.6) is 0 Å². The van der Waals surface area contributed by atoms with Gasteiger partial charge in [0.2, 0.25) is 0 Å². The molecule has 5 heteroatoms. The zero-order chi connectivity index (χ0) is 21.1. The average Bonchev–Trinajstić information content (AvgIpc) is 3.17. The molecule has 1 aromatic heterocycles. The SMILES string of the molecule is Cc1ccc(C)c([C@H](O)CN2CCN([C@H](c3ccccc3)c3nccn3C)CC2)c1. The molecule has 0 aliphatic carbocycles. The lowest BCUT2D eigenvalue weighted by Gasteiger charge is -2.39. The predicted molar refractivity (Wildman–Crippen MR) is 120 cm³/mol. The number of aliphatic hydroxyl groups is 1. The van der Waals surface area contributed by atoms with Gasteiger partial charge in [-0.05, 0) is 30.5 Å². The minimum Gasteiger partial charge on any atom is -0.387 e. The second kappa shape index (κ2) is 9.13. The van der Waals surface area contributed by atoms with E-state index >= 15 is 0 Å². The van der Waals surface area contributed by atoms with Gasteiger partial charge in [0.05, 0.1) is 12.1 Å². The van der Waals surface area contributed by atoms with Crippen molar-refractivity contribution in [2.24, 2.45) is 7.05 Å². The van der Waals surface area contributed by atoms with Crippen LogP contribution in [0.25, 0.3) is 0 Å². The largest absolute Gasteiger partial charge is 0.387 e. The first-order valence-electron chi connectivity index (χ1n) is 10.8. The fraction of sp³-hybridized carbons (Fsp3) is 0.400. The van der Waals surface area contributed by atoms with Gasteiger partial charge < -0.3 is 9.67 Å². The molecule has 2 aromatic carbocycles. The monoisotopic (exact) mass is 404 g/mol. The number of aromatic nitrogens is 2. The molecule has 0 spiro atoms. The molecule has 5 nitrogen and oxygen atoms in total. The van der Waals surface area contributed by atoms with Crippen molar-refractivity contribution in [2.75, 3.05) is 32.7 Å². The van der Waals surface area contributed by atoms with E-state index in [1.165, 1.54) is 11.1 Å². The summed E-state index contributed by atoms with van der Waals surface area (Å²) in [7, 11) is 2.06. The zero-order valence-corrected chi connectivity index (χ0v) is 18.2. The van der Waals surface area contributed by atoms with E-state index in [2.05, 4.69) is 88.8 Å². The normalized spacial score (nSPS) is 17.7. The van der Waals surface area contributed by atoms with Crippen LogP contribution in [0.15, 0.2) is 60.9 Å². The number of β-amino-alcohol motifs (C(OH)–C–C–N with tert-alkyl or cyclic N) is 1. The summed E-state index contributed by atoms with van der Waals surface area (Å²) in [5.41, 5.74) is 4.68. The standard InChI is InChI=1S/C25H32N4O/c1-19-9-10-20(2)22(17-19)23(30)18-28-13-15-29(16-14-28)24(21-7-5-4-6-8-21)25-26-11-12-27(25)3/h4-12,17,23-24,30H,13-16,18H2,1-3H3/t23-,24-/m1/s1. The minimum absolute atomic E-state index is 0.150. The maximum absolute atomic E-state index is 10.8. The van der Waals surface area contributed by atoms with Gasteiger partial charge in [-0.3, -0.25) is 9.80 Å². The number of rotatable bonds is 6.